The van der Waals surface area contributed by atoms with Crippen molar-refractivity contribution in [2.75, 3.05) is 26.2 Å². The van der Waals surface area contributed by atoms with E-state index in [0.29, 0.717) is 0 Å². The van der Waals surface area contributed by atoms with E-state index in [2.05, 4.69) is 23.2 Å². The summed E-state index contributed by atoms with van der Waals surface area (Å²) in [6.07, 6.45) is 7.91. The molecule has 1 aliphatic carbocycles. The van der Waals surface area contributed by atoms with Crippen LogP contribution in [-0.2, 0) is 0 Å². The highest BCUT2D eigenvalue weighted by Gasteiger charge is 2.17. The van der Waals surface area contributed by atoms with Crippen molar-refractivity contribution in [3.63, 3.8) is 0 Å². The number of hydrogen-bond donors (Lipinski definition) is 1. The molecule has 14 heavy (non-hydrogen) atoms. The van der Waals surface area contributed by atoms with Crippen molar-refractivity contribution in [1.29, 1.82) is 0 Å². The van der Waals surface area contributed by atoms with Crippen LogP contribution in [0.25, 0.3) is 0 Å². The predicted molar refractivity (Wildman–Crippen MR) is 60.5 cm³/mol. The third-order valence-electron chi connectivity index (χ3n) is 3.56. The van der Waals surface area contributed by atoms with Gasteiger partial charge < -0.3 is 5.32 Å². The molecule has 1 fully saturated rings. The molecule has 1 heterocycles. The number of likely N-dealkylation sites (N-methyl/N-ethyl adjacent to an activating group) is 1. The largest absolute Gasteiger partial charge is 0.310 e. The molecule has 80 valence electrons. The van der Waals surface area contributed by atoms with E-state index in [0.717, 1.165) is 19.1 Å². The summed E-state index contributed by atoms with van der Waals surface area (Å²) in [4.78, 5) is 2.49. The van der Waals surface area contributed by atoms with Crippen LogP contribution in [0.4, 0.5) is 0 Å². The fraction of sp³-hybridized carbons (Fsp3) is 0.833. The maximum absolute atomic E-state index is 3.63. The Bertz CT molecular complexity index is 206. The first kappa shape index (κ1) is 10.2. The van der Waals surface area contributed by atoms with Gasteiger partial charge in [0.1, 0.15) is 0 Å². The van der Waals surface area contributed by atoms with Crippen molar-refractivity contribution in [3.05, 3.63) is 11.6 Å². The monoisotopic (exact) mass is 194 g/mol. The zero-order valence-electron chi connectivity index (χ0n) is 9.26. The first-order chi connectivity index (χ1) is 6.88. The lowest BCUT2D eigenvalue weighted by molar-refractivity contribution is 0.302. The van der Waals surface area contributed by atoms with Crippen LogP contribution in [0.1, 0.15) is 32.6 Å². The molecule has 0 spiro atoms. The van der Waals surface area contributed by atoms with Crippen molar-refractivity contribution < 1.29 is 0 Å². The molecule has 2 heteroatoms. The number of hydrogen-bond acceptors (Lipinski definition) is 2. The summed E-state index contributed by atoms with van der Waals surface area (Å²) in [5.74, 6) is 0. The van der Waals surface area contributed by atoms with Crippen LogP contribution >= 0.6 is 0 Å². The Morgan fingerprint density at radius 1 is 1.50 bits per heavy atom. The van der Waals surface area contributed by atoms with E-state index >= 15 is 0 Å². The van der Waals surface area contributed by atoms with Gasteiger partial charge in [-0.25, -0.2) is 0 Å². The summed E-state index contributed by atoms with van der Waals surface area (Å²) in [7, 11) is 0. The molecule has 2 aliphatic rings. The van der Waals surface area contributed by atoms with Gasteiger partial charge in [0.05, 0.1) is 0 Å². The van der Waals surface area contributed by atoms with Crippen LogP contribution < -0.4 is 5.32 Å². The Morgan fingerprint density at radius 3 is 2.86 bits per heavy atom. The smallest absolute Gasteiger partial charge is 0.0168 e. The van der Waals surface area contributed by atoms with E-state index < -0.39 is 0 Å². The van der Waals surface area contributed by atoms with Crippen molar-refractivity contribution in [2.24, 2.45) is 0 Å². The summed E-state index contributed by atoms with van der Waals surface area (Å²) in [6, 6.07) is 0.833. The minimum atomic E-state index is 0.833. The summed E-state index contributed by atoms with van der Waals surface area (Å²) in [5, 5.41) is 3.63. The Hall–Kier alpha value is -0.340. The number of nitrogens with zero attached hydrogens (tertiary/aromatic N) is 1. The molecule has 0 aromatic carbocycles. The van der Waals surface area contributed by atoms with Crippen LogP contribution in [0.2, 0.25) is 0 Å². The van der Waals surface area contributed by atoms with Crippen LogP contribution in [-0.4, -0.2) is 37.1 Å². The first-order valence-electron chi connectivity index (χ1n) is 6.02. The Labute approximate surface area is 87.4 Å². The topological polar surface area (TPSA) is 15.3 Å². The molecule has 1 N–H and O–H groups in total. The predicted octanol–water partition coefficient (Wildman–Crippen LogP) is 1.78. The van der Waals surface area contributed by atoms with E-state index in [1.54, 1.807) is 5.57 Å². The third-order valence-corrected chi connectivity index (χ3v) is 3.56. The molecule has 0 bridgehead atoms. The summed E-state index contributed by atoms with van der Waals surface area (Å²) in [6.45, 7) is 7.00. The standard InChI is InChI=1S/C12H22N2/c1-2-14-8-6-11(7-9-14)10-13-12-4-3-5-12/h6,12-13H,2-5,7-10H2,1H3. The Balaban J connectivity index is 1.68. The van der Waals surface area contributed by atoms with Crippen molar-refractivity contribution in [1.82, 2.24) is 10.2 Å². The Morgan fingerprint density at radius 2 is 2.36 bits per heavy atom. The Kier molecular flexibility index (Phi) is 3.60. The summed E-state index contributed by atoms with van der Waals surface area (Å²) in [5.41, 5.74) is 1.63. The van der Waals surface area contributed by atoms with Crippen LogP contribution in [0.15, 0.2) is 11.6 Å². The molecule has 1 aliphatic heterocycles. The second-order valence-corrected chi connectivity index (χ2v) is 4.51. The minimum Gasteiger partial charge on any atom is -0.310 e. The normalized spacial score (nSPS) is 24.5. The maximum Gasteiger partial charge on any atom is 0.0168 e. The van der Waals surface area contributed by atoms with Gasteiger partial charge in [0.25, 0.3) is 0 Å². The van der Waals surface area contributed by atoms with Gasteiger partial charge in [-0.1, -0.05) is 25.0 Å². The molecule has 0 radical (unpaired) electrons. The van der Waals surface area contributed by atoms with E-state index in [1.165, 1.54) is 38.8 Å². The highest BCUT2D eigenvalue weighted by molar-refractivity contribution is 5.09. The number of rotatable bonds is 4. The van der Waals surface area contributed by atoms with Gasteiger partial charge in [0.15, 0.2) is 0 Å². The van der Waals surface area contributed by atoms with Gasteiger partial charge in [-0.15, -0.1) is 0 Å². The molecule has 0 aromatic heterocycles. The second-order valence-electron chi connectivity index (χ2n) is 4.51. The highest BCUT2D eigenvalue weighted by Crippen LogP contribution is 2.18. The molecule has 0 aromatic rings. The fourth-order valence-corrected chi connectivity index (χ4v) is 2.09. The van der Waals surface area contributed by atoms with Gasteiger partial charge >= 0.3 is 0 Å². The highest BCUT2D eigenvalue weighted by atomic mass is 15.1. The fourth-order valence-electron chi connectivity index (χ4n) is 2.09. The lowest BCUT2D eigenvalue weighted by Crippen LogP contribution is -2.38. The van der Waals surface area contributed by atoms with Crippen molar-refractivity contribution in [2.45, 2.75) is 38.6 Å². The molecule has 0 saturated heterocycles. The molecule has 0 amide bonds. The summed E-state index contributed by atoms with van der Waals surface area (Å²) >= 11 is 0. The van der Waals surface area contributed by atoms with E-state index in [1.807, 2.05) is 0 Å². The average molecular weight is 194 g/mol. The summed E-state index contributed by atoms with van der Waals surface area (Å²) < 4.78 is 0. The van der Waals surface area contributed by atoms with Crippen molar-refractivity contribution in [3.8, 4) is 0 Å². The van der Waals surface area contributed by atoms with E-state index in [-0.39, 0.29) is 0 Å². The lowest BCUT2D eigenvalue weighted by Gasteiger charge is -2.29. The van der Waals surface area contributed by atoms with Crippen LogP contribution in [0.5, 0.6) is 0 Å². The average Bonchev–Trinajstić information content (AvgIpc) is 2.16. The molecule has 1 saturated carbocycles. The SMILES string of the molecule is CCN1CC=C(CNC2CCC2)CC1. The van der Waals surface area contributed by atoms with E-state index in [4.69, 9.17) is 0 Å². The quantitative estimate of drug-likeness (QED) is 0.686. The zero-order valence-corrected chi connectivity index (χ0v) is 9.26. The second kappa shape index (κ2) is 4.94. The molecular weight excluding hydrogens is 172 g/mol. The zero-order chi connectivity index (χ0) is 9.80. The lowest BCUT2D eigenvalue weighted by atomic mass is 9.93. The first-order valence-corrected chi connectivity index (χ1v) is 6.02. The van der Waals surface area contributed by atoms with Gasteiger partial charge in [0, 0.05) is 25.7 Å². The molecular formula is C12H22N2. The van der Waals surface area contributed by atoms with Gasteiger partial charge in [-0.05, 0) is 25.8 Å². The van der Waals surface area contributed by atoms with Gasteiger partial charge in [-0.2, -0.15) is 0 Å². The molecule has 2 nitrogen and oxygen atoms in total. The van der Waals surface area contributed by atoms with Crippen molar-refractivity contribution >= 4 is 0 Å². The van der Waals surface area contributed by atoms with Gasteiger partial charge in [0.2, 0.25) is 0 Å². The van der Waals surface area contributed by atoms with Crippen LogP contribution in [0.3, 0.4) is 0 Å². The van der Waals surface area contributed by atoms with Crippen LogP contribution in [0, 0.1) is 0 Å². The van der Waals surface area contributed by atoms with E-state index in [9.17, 15) is 0 Å². The molecule has 0 unspecified atom stereocenters. The molecule has 0 atom stereocenters. The minimum absolute atomic E-state index is 0.833. The third kappa shape index (κ3) is 2.58. The maximum atomic E-state index is 3.63. The number of nitrogens with one attached hydrogen (secondary N) is 1. The van der Waals surface area contributed by atoms with Gasteiger partial charge in [-0.3, -0.25) is 4.90 Å². The molecule has 2 rings (SSSR count).